The highest BCUT2D eigenvalue weighted by atomic mass is 32.2. The first kappa shape index (κ1) is 12.5. The number of halogens is 1. The van der Waals surface area contributed by atoms with Gasteiger partial charge in [-0.15, -0.1) is 0 Å². The maximum absolute atomic E-state index is 13.4. The zero-order chi connectivity index (χ0) is 12.3. The fourth-order valence-corrected chi connectivity index (χ4v) is 3.24. The minimum Gasteiger partial charge on any atom is -0.379 e. The van der Waals surface area contributed by atoms with Crippen LogP contribution in [0, 0.1) is 5.82 Å². The highest BCUT2D eigenvalue weighted by Gasteiger charge is 2.25. The van der Waals surface area contributed by atoms with Crippen molar-refractivity contribution in [1.29, 1.82) is 0 Å². The second-order valence-corrected chi connectivity index (χ2v) is 5.83. The molecule has 0 atom stereocenters. The average Bonchev–Trinajstić information content (AvgIpc) is 2.33. The van der Waals surface area contributed by atoms with Gasteiger partial charge < -0.3 is 4.74 Å². The molecule has 1 aliphatic heterocycles. The molecule has 2 rings (SSSR count). The molecule has 1 aromatic carbocycles. The molecular weight excluding hydrogens is 245 g/mol. The molecule has 0 spiro atoms. The third kappa shape index (κ3) is 3.02. The second-order valence-electron chi connectivity index (χ2n) is 3.86. The topological polar surface area (TPSA) is 46.6 Å². The van der Waals surface area contributed by atoms with Crippen molar-refractivity contribution in [3.63, 3.8) is 0 Å². The first-order chi connectivity index (χ1) is 8.09. The van der Waals surface area contributed by atoms with Crippen molar-refractivity contribution in [1.82, 2.24) is 4.31 Å². The molecule has 1 heterocycles. The number of hydrogen-bond acceptors (Lipinski definition) is 3. The van der Waals surface area contributed by atoms with Gasteiger partial charge in [0.15, 0.2) is 0 Å². The van der Waals surface area contributed by atoms with Crippen molar-refractivity contribution in [3.05, 3.63) is 35.6 Å². The lowest BCUT2D eigenvalue weighted by Gasteiger charge is -2.26. The predicted octanol–water partition coefficient (Wildman–Crippen LogP) is 0.988. The minimum atomic E-state index is -3.45. The number of ether oxygens (including phenoxy) is 1. The Bertz CT molecular complexity index is 483. The molecule has 0 bridgehead atoms. The summed E-state index contributed by atoms with van der Waals surface area (Å²) in [7, 11) is -3.45. The number of morpholine rings is 1. The monoisotopic (exact) mass is 259 g/mol. The Morgan fingerprint density at radius 1 is 1.24 bits per heavy atom. The maximum atomic E-state index is 13.4. The molecule has 0 saturated carbocycles. The number of hydrogen-bond donors (Lipinski definition) is 0. The summed E-state index contributed by atoms with van der Waals surface area (Å²) in [4.78, 5) is 0. The average molecular weight is 259 g/mol. The summed E-state index contributed by atoms with van der Waals surface area (Å²) in [6.45, 7) is 1.49. The fraction of sp³-hybridized carbons (Fsp3) is 0.455. The Labute approximate surface area is 100 Å². The molecule has 1 aromatic rings. The predicted molar refractivity (Wildman–Crippen MR) is 61.4 cm³/mol. The molecule has 94 valence electrons. The number of rotatable bonds is 3. The van der Waals surface area contributed by atoms with Gasteiger partial charge in [0, 0.05) is 18.7 Å². The number of sulfonamides is 1. The van der Waals surface area contributed by atoms with E-state index >= 15 is 0 Å². The van der Waals surface area contributed by atoms with Crippen LogP contribution < -0.4 is 0 Å². The molecule has 1 fully saturated rings. The molecule has 0 N–H and O–H groups in total. The van der Waals surface area contributed by atoms with Crippen molar-refractivity contribution in [2.45, 2.75) is 5.75 Å². The first-order valence-electron chi connectivity index (χ1n) is 5.38. The van der Waals surface area contributed by atoms with Crippen molar-refractivity contribution in [2.24, 2.45) is 0 Å². The largest absolute Gasteiger partial charge is 0.379 e. The lowest BCUT2D eigenvalue weighted by Crippen LogP contribution is -2.41. The smallest absolute Gasteiger partial charge is 0.218 e. The first-order valence-corrected chi connectivity index (χ1v) is 6.99. The summed E-state index contributed by atoms with van der Waals surface area (Å²) >= 11 is 0. The number of benzene rings is 1. The Hall–Kier alpha value is -0.980. The molecule has 0 unspecified atom stereocenters. The van der Waals surface area contributed by atoms with Gasteiger partial charge in [0.2, 0.25) is 10.0 Å². The molecule has 1 saturated heterocycles. The Morgan fingerprint density at radius 3 is 2.53 bits per heavy atom. The van der Waals surface area contributed by atoms with Gasteiger partial charge in [-0.1, -0.05) is 18.2 Å². The Morgan fingerprint density at radius 2 is 1.88 bits per heavy atom. The van der Waals surface area contributed by atoms with Gasteiger partial charge in [0.25, 0.3) is 0 Å². The van der Waals surface area contributed by atoms with Gasteiger partial charge in [-0.25, -0.2) is 12.8 Å². The summed E-state index contributed by atoms with van der Waals surface area (Å²) in [6, 6.07) is 5.94. The van der Waals surface area contributed by atoms with Crippen molar-refractivity contribution < 1.29 is 17.5 Å². The molecule has 0 aromatic heterocycles. The minimum absolute atomic E-state index is 0.207. The lowest BCUT2D eigenvalue weighted by atomic mass is 10.2. The second kappa shape index (κ2) is 5.12. The van der Waals surface area contributed by atoms with E-state index in [9.17, 15) is 12.8 Å². The summed E-state index contributed by atoms with van der Waals surface area (Å²) in [5.41, 5.74) is 0.207. The van der Waals surface area contributed by atoms with E-state index in [0.29, 0.717) is 26.3 Å². The van der Waals surface area contributed by atoms with Crippen LogP contribution in [0.5, 0.6) is 0 Å². The van der Waals surface area contributed by atoms with Crippen molar-refractivity contribution >= 4 is 10.0 Å². The normalized spacial score (nSPS) is 18.2. The van der Waals surface area contributed by atoms with Crippen LogP contribution in [0.1, 0.15) is 5.56 Å². The Kier molecular flexibility index (Phi) is 3.76. The SMILES string of the molecule is O=S(=O)(Cc1ccccc1F)N1CCOCC1. The highest BCUT2D eigenvalue weighted by Crippen LogP contribution is 2.15. The quantitative estimate of drug-likeness (QED) is 0.813. The van der Waals surface area contributed by atoms with Gasteiger partial charge in [0.05, 0.1) is 19.0 Å². The van der Waals surface area contributed by atoms with Crippen molar-refractivity contribution in [3.8, 4) is 0 Å². The summed E-state index contributed by atoms with van der Waals surface area (Å²) < 4.78 is 43.8. The molecule has 0 aliphatic carbocycles. The number of nitrogens with zero attached hydrogens (tertiary/aromatic N) is 1. The van der Waals surface area contributed by atoms with Crippen molar-refractivity contribution in [2.75, 3.05) is 26.3 Å². The van der Waals surface area contributed by atoms with Crippen LogP contribution in [-0.4, -0.2) is 39.0 Å². The van der Waals surface area contributed by atoms with Crippen LogP contribution in [0.25, 0.3) is 0 Å². The van der Waals surface area contributed by atoms with Gasteiger partial charge in [-0.2, -0.15) is 4.31 Å². The lowest BCUT2D eigenvalue weighted by molar-refractivity contribution is 0.0729. The third-order valence-electron chi connectivity index (χ3n) is 2.66. The molecule has 17 heavy (non-hydrogen) atoms. The zero-order valence-corrected chi connectivity index (χ0v) is 10.1. The van der Waals surface area contributed by atoms with Crippen LogP contribution in [-0.2, 0) is 20.5 Å². The fourth-order valence-electron chi connectivity index (χ4n) is 1.73. The van der Waals surface area contributed by atoms with Gasteiger partial charge in [-0.05, 0) is 6.07 Å². The van der Waals surface area contributed by atoms with Gasteiger partial charge in [-0.3, -0.25) is 0 Å². The van der Waals surface area contributed by atoms with Gasteiger partial charge in [0.1, 0.15) is 5.82 Å². The zero-order valence-electron chi connectivity index (χ0n) is 9.30. The highest BCUT2D eigenvalue weighted by molar-refractivity contribution is 7.88. The third-order valence-corrected chi connectivity index (χ3v) is 4.49. The van der Waals surface area contributed by atoms with Crippen LogP contribution in [0.2, 0.25) is 0 Å². The van der Waals surface area contributed by atoms with E-state index in [-0.39, 0.29) is 11.3 Å². The molecule has 4 nitrogen and oxygen atoms in total. The van der Waals surface area contributed by atoms with E-state index in [4.69, 9.17) is 4.74 Å². The molecule has 1 aliphatic rings. The molecule has 6 heteroatoms. The van der Waals surface area contributed by atoms with E-state index in [1.54, 1.807) is 12.1 Å². The van der Waals surface area contributed by atoms with E-state index in [1.807, 2.05) is 0 Å². The molecular formula is C11H14FNO3S. The van der Waals surface area contributed by atoms with Crippen LogP contribution in [0.3, 0.4) is 0 Å². The van der Waals surface area contributed by atoms with Gasteiger partial charge >= 0.3 is 0 Å². The van der Waals surface area contributed by atoms with E-state index in [1.165, 1.54) is 16.4 Å². The van der Waals surface area contributed by atoms with Crippen LogP contribution in [0.15, 0.2) is 24.3 Å². The summed E-state index contributed by atoms with van der Waals surface area (Å²) in [6.07, 6.45) is 0. The van der Waals surface area contributed by atoms with E-state index < -0.39 is 15.8 Å². The Balaban J connectivity index is 2.14. The molecule has 0 amide bonds. The van der Waals surface area contributed by atoms with Crippen LogP contribution >= 0.6 is 0 Å². The maximum Gasteiger partial charge on any atom is 0.218 e. The molecule has 0 radical (unpaired) electrons. The van der Waals surface area contributed by atoms with E-state index in [2.05, 4.69) is 0 Å². The van der Waals surface area contributed by atoms with E-state index in [0.717, 1.165) is 0 Å². The van der Waals surface area contributed by atoms with Crippen LogP contribution in [0.4, 0.5) is 4.39 Å². The summed E-state index contributed by atoms with van der Waals surface area (Å²) in [5.74, 6) is -0.774. The standard InChI is InChI=1S/C11H14FNO3S/c12-11-4-2-1-3-10(11)9-17(14,15)13-5-7-16-8-6-13/h1-4H,5-9H2. The summed E-state index contributed by atoms with van der Waals surface area (Å²) in [5, 5.41) is 0.